The van der Waals surface area contributed by atoms with E-state index in [0.29, 0.717) is 19.5 Å². The Hall–Kier alpha value is -2.16. The van der Waals surface area contributed by atoms with Gasteiger partial charge in [0, 0.05) is 25.6 Å². The summed E-state index contributed by atoms with van der Waals surface area (Å²) in [5.41, 5.74) is 5.52. The summed E-state index contributed by atoms with van der Waals surface area (Å²) in [6.07, 6.45) is 6.42. The van der Waals surface area contributed by atoms with Crippen LogP contribution in [0.25, 0.3) is 0 Å². The molecule has 9 nitrogen and oxygen atoms in total. The van der Waals surface area contributed by atoms with Crippen LogP contribution in [0.2, 0.25) is 0 Å². The fourth-order valence-electron chi connectivity index (χ4n) is 4.41. The number of hydrogen-bond acceptors (Lipinski definition) is 5. The van der Waals surface area contributed by atoms with E-state index in [0.717, 1.165) is 38.5 Å². The van der Waals surface area contributed by atoms with Crippen molar-refractivity contribution in [2.24, 2.45) is 11.7 Å². The molecule has 0 aromatic rings. The van der Waals surface area contributed by atoms with E-state index in [1.807, 2.05) is 0 Å². The lowest BCUT2D eigenvalue weighted by atomic mass is 9.88. The van der Waals surface area contributed by atoms with Crippen LogP contribution in [0.4, 0.5) is 0 Å². The lowest BCUT2D eigenvalue weighted by Gasteiger charge is -2.42. The summed E-state index contributed by atoms with van der Waals surface area (Å²) in [4.78, 5) is 53.2. The molecular weight excluding hydrogens is 362 g/mol. The number of rotatable bonds is 4. The van der Waals surface area contributed by atoms with Gasteiger partial charge in [0.15, 0.2) is 0 Å². The molecular formula is C19H31N5O4. The highest BCUT2D eigenvalue weighted by atomic mass is 16.2. The SMILES string of the molecule is NCC(=O)N1CCN(C(=O)C2CCCCC2)C[C@@H]1C(=O)N[C@H]1CCCNC1=O. The van der Waals surface area contributed by atoms with Gasteiger partial charge in [-0.05, 0) is 25.7 Å². The molecule has 3 fully saturated rings. The Morgan fingerprint density at radius 2 is 1.82 bits per heavy atom. The number of piperidine rings is 1. The van der Waals surface area contributed by atoms with E-state index in [2.05, 4.69) is 10.6 Å². The van der Waals surface area contributed by atoms with E-state index in [9.17, 15) is 19.2 Å². The quantitative estimate of drug-likeness (QED) is 0.563. The van der Waals surface area contributed by atoms with Crippen molar-refractivity contribution in [3.63, 3.8) is 0 Å². The predicted molar refractivity (Wildman–Crippen MR) is 102 cm³/mol. The molecule has 2 saturated heterocycles. The number of carbonyl (C=O) groups is 4. The maximum absolute atomic E-state index is 12.9. The number of nitrogens with zero attached hydrogens (tertiary/aromatic N) is 2. The normalized spacial score (nSPS) is 26.5. The van der Waals surface area contributed by atoms with Crippen molar-refractivity contribution in [1.82, 2.24) is 20.4 Å². The second kappa shape index (κ2) is 9.36. The zero-order valence-corrected chi connectivity index (χ0v) is 16.3. The van der Waals surface area contributed by atoms with Crippen LogP contribution in [0, 0.1) is 5.92 Å². The summed E-state index contributed by atoms with van der Waals surface area (Å²) in [6, 6.07) is -1.41. The molecule has 156 valence electrons. The molecule has 3 rings (SSSR count). The standard InChI is InChI=1S/C19H31N5O4/c20-11-16(25)24-10-9-23(19(28)13-5-2-1-3-6-13)12-15(24)18(27)22-14-7-4-8-21-17(14)26/h13-15H,1-12,20H2,(H,21,26)(H,22,27)/t14-,15+/m0/s1. The highest BCUT2D eigenvalue weighted by Crippen LogP contribution is 2.26. The predicted octanol–water partition coefficient (Wildman–Crippen LogP) is -1.04. The van der Waals surface area contributed by atoms with Gasteiger partial charge < -0.3 is 26.2 Å². The van der Waals surface area contributed by atoms with Gasteiger partial charge in [0.05, 0.1) is 13.1 Å². The minimum atomic E-state index is -0.813. The Morgan fingerprint density at radius 3 is 2.50 bits per heavy atom. The largest absolute Gasteiger partial charge is 0.354 e. The van der Waals surface area contributed by atoms with Crippen molar-refractivity contribution in [3.8, 4) is 0 Å². The Labute approximate surface area is 165 Å². The molecule has 3 aliphatic rings. The Balaban J connectivity index is 1.69. The molecule has 1 saturated carbocycles. The lowest BCUT2D eigenvalue weighted by molar-refractivity contribution is -0.150. The average molecular weight is 393 g/mol. The highest BCUT2D eigenvalue weighted by Gasteiger charge is 2.39. The molecule has 2 aliphatic heterocycles. The first kappa shape index (κ1) is 20.6. The molecule has 0 spiro atoms. The molecule has 28 heavy (non-hydrogen) atoms. The van der Waals surface area contributed by atoms with Gasteiger partial charge >= 0.3 is 0 Å². The second-order valence-electron chi connectivity index (χ2n) is 7.92. The maximum Gasteiger partial charge on any atom is 0.245 e. The third kappa shape index (κ3) is 4.63. The number of piperazine rings is 1. The highest BCUT2D eigenvalue weighted by molar-refractivity contribution is 5.93. The first-order valence-corrected chi connectivity index (χ1v) is 10.4. The zero-order valence-electron chi connectivity index (χ0n) is 16.3. The number of hydrogen-bond donors (Lipinski definition) is 3. The van der Waals surface area contributed by atoms with Crippen LogP contribution < -0.4 is 16.4 Å². The number of nitrogens with two attached hydrogens (primary N) is 1. The molecule has 1 aliphatic carbocycles. The van der Waals surface area contributed by atoms with Crippen molar-refractivity contribution in [1.29, 1.82) is 0 Å². The van der Waals surface area contributed by atoms with Gasteiger partial charge in [-0.3, -0.25) is 19.2 Å². The average Bonchev–Trinajstić information content (AvgIpc) is 2.74. The van der Waals surface area contributed by atoms with E-state index < -0.39 is 18.0 Å². The number of amides is 4. The minimum Gasteiger partial charge on any atom is -0.354 e. The van der Waals surface area contributed by atoms with Gasteiger partial charge in [0.1, 0.15) is 12.1 Å². The third-order valence-corrected chi connectivity index (χ3v) is 6.05. The van der Waals surface area contributed by atoms with E-state index in [1.165, 1.54) is 4.90 Å². The summed E-state index contributed by atoms with van der Waals surface area (Å²) in [7, 11) is 0. The first-order valence-electron chi connectivity index (χ1n) is 10.4. The summed E-state index contributed by atoms with van der Waals surface area (Å²) in [6.45, 7) is 1.26. The van der Waals surface area contributed by atoms with Crippen LogP contribution >= 0.6 is 0 Å². The summed E-state index contributed by atoms with van der Waals surface area (Å²) in [5.74, 6) is -0.837. The molecule has 2 atom stereocenters. The molecule has 0 aromatic heterocycles. The van der Waals surface area contributed by atoms with Gasteiger partial charge in [-0.25, -0.2) is 0 Å². The molecule has 0 bridgehead atoms. The van der Waals surface area contributed by atoms with Crippen molar-refractivity contribution in [2.75, 3.05) is 32.7 Å². The van der Waals surface area contributed by atoms with Crippen LogP contribution in [0.1, 0.15) is 44.9 Å². The summed E-state index contributed by atoms with van der Waals surface area (Å²) >= 11 is 0. The van der Waals surface area contributed by atoms with E-state index in [4.69, 9.17) is 5.73 Å². The molecule has 0 unspecified atom stereocenters. The molecule has 4 N–H and O–H groups in total. The molecule has 0 radical (unpaired) electrons. The minimum absolute atomic E-state index is 0.0124. The van der Waals surface area contributed by atoms with E-state index >= 15 is 0 Å². The molecule has 4 amide bonds. The van der Waals surface area contributed by atoms with Gasteiger partial charge in [-0.15, -0.1) is 0 Å². The smallest absolute Gasteiger partial charge is 0.245 e. The van der Waals surface area contributed by atoms with Gasteiger partial charge in [-0.1, -0.05) is 19.3 Å². The Morgan fingerprint density at radius 1 is 1.07 bits per heavy atom. The van der Waals surface area contributed by atoms with Crippen LogP contribution in [0.3, 0.4) is 0 Å². The fourth-order valence-corrected chi connectivity index (χ4v) is 4.41. The third-order valence-electron chi connectivity index (χ3n) is 6.05. The molecule has 2 heterocycles. The second-order valence-corrected chi connectivity index (χ2v) is 7.92. The van der Waals surface area contributed by atoms with Crippen LogP contribution in [-0.2, 0) is 19.2 Å². The summed E-state index contributed by atoms with van der Waals surface area (Å²) in [5, 5.41) is 5.50. The van der Waals surface area contributed by atoms with Gasteiger partial charge in [0.2, 0.25) is 23.6 Å². The van der Waals surface area contributed by atoms with Crippen LogP contribution in [-0.4, -0.2) is 78.2 Å². The van der Waals surface area contributed by atoms with Gasteiger partial charge in [0.25, 0.3) is 0 Å². The number of carbonyl (C=O) groups excluding carboxylic acids is 4. The lowest BCUT2D eigenvalue weighted by Crippen LogP contribution is -2.64. The van der Waals surface area contributed by atoms with E-state index in [-0.39, 0.29) is 43.3 Å². The van der Waals surface area contributed by atoms with Crippen LogP contribution in [0.5, 0.6) is 0 Å². The first-order chi connectivity index (χ1) is 13.5. The van der Waals surface area contributed by atoms with Crippen LogP contribution in [0.15, 0.2) is 0 Å². The Kier molecular flexibility index (Phi) is 6.88. The molecule has 9 heteroatoms. The Bertz CT molecular complexity index is 619. The maximum atomic E-state index is 12.9. The van der Waals surface area contributed by atoms with Crippen molar-refractivity contribution in [2.45, 2.75) is 57.0 Å². The molecule has 0 aromatic carbocycles. The zero-order chi connectivity index (χ0) is 20.1. The topological polar surface area (TPSA) is 125 Å². The van der Waals surface area contributed by atoms with E-state index in [1.54, 1.807) is 4.90 Å². The van der Waals surface area contributed by atoms with Crippen molar-refractivity contribution < 1.29 is 19.2 Å². The monoisotopic (exact) mass is 393 g/mol. The summed E-state index contributed by atoms with van der Waals surface area (Å²) < 4.78 is 0. The van der Waals surface area contributed by atoms with Crippen molar-refractivity contribution in [3.05, 3.63) is 0 Å². The number of nitrogens with one attached hydrogen (secondary N) is 2. The van der Waals surface area contributed by atoms with Gasteiger partial charge in [-0.2, -0.15) is 0 Å². The fraction of sp³-hybridized carbons (Fsp3) is 0.789. The van der Waals surface area contributed by atoms with Crippen molar-refractivity contribution >= 4 is 23.6 Å².